The maximum Gasteiger partial charge on any atom is 0.310 e. The van der Waals surface area contributed by atoms with Crippen molar-refractivity contribution in [3.63, 3.8) is 0 Å². The lowest BCUT2D eigenvalue weighted by atomic mass is 9.98. The lowest BCUT2D eigenvalue weighted by molar-refractivity contribution is -0.148. The number of aryl methyl sites for hydroxylation is 1. The van der Waals surface area contributed by atoms with Crippen LogP contribution in [-0.2, 0) is 9.53 Å². The Morgan fingerprint density at radius 3 is 2.89 bits per heavy atom. The zero-order chi connectivity index (χ0) is 19.7. The van der Waals surface area contributed by atoms with Gasteiger partial charge in [-0.1, -0.05) is 29.8 Å². The highest BCUT2D eigenvalue weighted by atomic mass is 32.1. The first-order valence-corrected chi connectivity index (χ1v) is 10.4. The van der Waals surface area contributed by atoms with Gasteiger partial charge in [0, 0.05) is 24.0 Å². The predicted molar refractivity (Wildman–Crippen MR) is 112 cm³/mol. The van der Waals surface area contributed by atoms with Crippen LogP contribution in [0.25, 0.3) is 21.3 Å². The van der Waals surface area contributed by atoms with Crippen molar-refractivity contribution in [1.29, 1.82) is 0 Å². The van der Waals surface area contributed by atoms with Gasteiger partial charge in [0.2, 0.25) is 5.95 Å². The molecule has 1 fully saturated rings. The molecular weight excluding hydrogens is 374 g/mol. The number of carbonyl (C=O) groups is 1. The van der Waals surface area contributed by atoms with Crippen LogP contribution in [0.4, 0.5) is 5.95 Å². The third kappa shape index (κ3) is 3.54. The SMILES string of the molecule is CCOC(=O)[C@H]1CCCN(c2nc3c(-c4ccc(C)cc4)csc3c(=O)[nH]2)C1. The molecule has 0 spiro atoms. The summed E-state index contributed by atoms with van der Waals surface area (Å²) < 4.78 is 5.80. The number of piperidine rings is 1. The van der Waals surface area contributed by atoms with E-state index in [0.29, 0.717) is 29.3 Å². The number of H-pyrrole nitrogens is 1. The Morgan fingerprint density at radius 1 is 1.36 bits per heavy atom. The standard InChI is InChI=1S/C21H23N3O3S/c1-3-27-20(26)15-5-4-10-24(11-15)21-22-17-16(12-28-18(17)19(25)23-21)14-8-6-13(2)7-9-14/h6-9,12,15H,3-5,10-11H2,1-2H3,(H,22,23,25)/t15-/m0/s1. The van der Waals surface area contributed by atoms with E-state index in [0.717, 1.165) is 30.5 Å². The number of nitrogens with zero attached hydrogens (tertiary/aromatic N) is 2. The maximum absolute atomic E-state index is 12.7. The number of anilines is 1. The molecule has 1 saturated heterocycles. The molecule has 1 N–H and O–H groups in total. The van der Waals surface area contributed by atoms with Gasteiger partial charge >= 0.3 is 5.97 Å². The average molecular weight is 398 g/mol. The minimum atomic E-state index is -0.186. The van der Waals surface area contributed by atoms with Gasteiger partial charge in [0.15, 0.2) is 0 Å². The van der Waals surface area contributed by atoms with Crippen LogP contribution < -0.4 is 10.5 Å². The van der Waals surface area contributed by atoms with Crippen molar-refractivity contribution in [1.82, 2.24) is 9.97 Å². The highest BCUT2D eigenvalue weighted by molar-refractivity contribution is 7.17. The normalized spacial score (nSPS) is 17.1. The largest absolute Gasteiger partial charge is 0.466 e. The fourth-order valence-corrected chi connectivity index (χ4v) is 4.53. The van der Waals surface area contributed by atoms with Crippen LogP contribution in [0.15, 0.2) is 34.4 Å². The minimum Gasteiger partial charge on any atom is -0.466 e. The molecule has 7 heteroatoms. The van der Waals surface area contributed by atoms with E-state index in [9.17, 15) is 9.59 Å². The van der Waals surface area contributed by atoms with Gasteiger partial charge in [-0.3, -0.25) is 14.6 Å². The summed E-state index contributed by atoms with van der Waals surface area (Å²) in [6, 6.07) is 8.22. The molecule has 0 amide bonds. The second-order valence-corrected chi connectivity index (χ2v) is 8.00. The molecule has 1 aromatic carbocycles. The van der Waals surface area contributed by atoms with E-state index in [4.69, 9.17) is 9.72 Å². The van der Waals surface area contributed by atoms with Gasteiger partial charge in [-0.25, -0.2) is 4.98 Å². The fraction of sp³-hybridized carbons (Fsp3) is 0.381. The minimum absolute atomic E-state index is 0.137. The molecule has 0 radical (unpaired) electrons. The first kappa shape index (κ1) is 18.7. The number of rotatable bonds is 4. The highest BCUT2D eigenvalue weighted by Gasteiger charge is 2.28. The Kier molecular flexibility index (Phi) is 5.17. The third-order valence-corrected chi connectivity index (χ3v) is 6.09. The van der Waals surface area contributed by atoms with Crippen LogP contribution in [0, 0.1) is 12.8 Å². The van der Waals surface area contributed by atoms with Crippen LogP contribution in [0.2, 0.25) is 0 Å². The number of esters is 1. The number of hydrogen-bond acceptors (Lipinski definition) is 6. The van der Waals surface area contributed by atoms with Gasteiger partial charge in [0.25, 0.3) is 5.56 Å². The summed E-state index contributed by atoms with van der Waals surface area (Å²) in [5.41, 5.74) is 3.77. The van der Waals surface area contributed by atoms with Crippen LogP contribution in [-0.4, -0.2) is 35.6 Å². The number of aromatic amines is 1. The lowest BCUT2D eigenvalue weighted by Crippen LogP contribution is -2.40. The summed E-state index contributed by atoms with van der Waals surface area (Å²) >= 11 is 1.41. The van der Waals surface area contributed by atoms with E-state index >= 15 is 0 Å². The monoisotopic (exact) mass is 397 g/mol. The van der Waals surface area contributed by atoms with E-state index in [1.807, 2.05) is 24.1 Å². The molecule has 1 aliphatic heterocycles. The van der Waals surface area contributed by atoms with Crippen molar-refractivity contribution in [2.75, 3.05) is 24.6 Å². The molecule has 0 unspecified atom stereocenters. The maximum atomic E-state index is 12.7. The first-order chi connectivity index (χ1) is 13.6. The molecule has 0 aliphatic carbocycles. The number of thiophene rings is 1. The van der Waals surface area contributed by atoms with Gasteiger partial charge in [-0.15, -0.1) is 11.3 Å². The Balaban J connectivity index is 1.70. The molecule has 1 atom stereocenters. The van der Waals surface area contributed by atoms with Gasteiger partial charge in [0.1, 0.15) is 4.70 Å². The molecule has 146 valence electrons. The van der Waals surface area contributed by atoms with E-state index in [1.54, 1.807) is 0 Å². The number of ether oxygens (including phenoxy) is 1. The van der Waals surface area contributed by atoms with Crippen LogP contribution in [0.5, 0.6) is 0 Å². The van der Waals surface area contributed by atoms with Crippen LogP contribution in [0.3, 0.4) is 0 Å². The fourth-order valence-electron chi connectivity index (χ4n) is 3.63. The van der Waals surface area contributed by atoms with E-state index < -0.39 is 0 Å². The zero-order valence-corrected chi connectivity index (χ0v) is 16.8. The molecule has 0 bridgehead atoms. The van der Waals surface area contributed by atoms with Crippen LogP contribution in [0.1, 0.15) is 25.3 Å². The topological polar surface area (TPSA) is 75.3 Å². The second-order valence-electron chi connectivity index (χ2n) is 7.12. The van der Waals surface area contributed by atoms with Gasteiger partial charge in [-0.2, -0.15) is 0 Å². The number of aromatic nitrogens is 2. The number of fused-ring (bicyclic) bond motifs is 1. The molecule has 4 rings (SSSR count). The number of benzene rings is 1. The van der Waals surface area contributed by atoms with Crippen molar-refractivity contribution in [2.45, 2.75) is 26.7 Å². The summed E-state index contributed by atoms with van der Waals surface area (Å²) in [4.78, 5) is 34.5. The quantitative estimate of drug-likeness (QED) is 0.679. The lowest BCUT2D eigenvalue weighted by Gasteiger charge is -2.31. The summed E-state index contributed by atoms with van der Waals surface area (Å²) in [6.07, 6.45) is 1.66. The molecule has 6 nitrogen and oxygen atoms in total. The van der Waals surface area contributed by atoms with Crippen molar-refractivity contribution >= 4 is 33.5 Å². The molecule has 0 saturated carbocycles. The molecule has 3 aromatic rings. The Labute approximate surface area is 167 Å². The summed E-state index contributed by atoms with van der Waals surface area (Å²) in [5.74, 6) is 0.165. The molecule has 1 aliphatic rings. The van der Waals surface area contributed by atoms with Crippen molar-refractivity contribution in [3.8, 4) is 11.1 Å². The van der Waals surface area contributed by atoms with Gasteiger partial charge in [0.05, 0.1) is 18.0 Å². The summed E-state index contributed by atoms with van der Waals surface area (Å²) in [5, 5.41) is 1.99. The van der Waals surface area contributed by atoms with E-state index in [1.165, 1.54) is 16.9 Å². The summed E-state index contributed by atoms with van der Waals surface area (Å²) in [6.45, 7) is 5.51. The number of carbonyl (C=O) groups excluding carboxylic acids is 1. The second kappa shape index (κ2) is 7.75. The smallest absolute Gasteiger partial charge is 0.310 e. The highest BCUT2D eigenvalue weighted by Crippen LogP contribution is 2.32. The predicted octanol–water partition coefficient (Wildman–Crippen LogP) is 3.74. The van der Waals surface area contributed by atoms with E-state index in [2.05, 4.69) is 29.2 Å². The van der Waals surface area contributed by atoms with Crippen molar-refractivity contribution in [2.24, 2.45) is 5.92 Å². The Hall–Kier alpha value is -2.67. The third-order valence-electron chi connectivity index (χ3n) is 5.12. The Bertz CT molecular complexity index is 1050. The van der Waals surface area contributed by atoms with Gasteiger partial charge < -0.3 is 9.64 Å². The summed E-state index contributed by atoms with van der Waals surface area (Å²) in [7, 11) is 0. The number of hydrogen-bond donors (Lipinski definition) is 1. The Morgan fingerprint density at radius 2 is 2.14 bits per heavy atom. The molecule has 3 heterocycles. The zero-order valence-electron chi connectivity index (χ0n) is 16.0. The van der Waals surface area contributed by atoms with Crippen molar-refractivity contribution < 1.29 is 9.53 Å². The molecular formula is C21H23N3O3S. The molecule has 28 heavy (non-hydrogen) atoms. The van der Waals surface area contributed by atoms with Gasteiger partial charge in [-0.05, 0) is 32.3 Å². The average Bonchev–Trinajstić information content (AvgIpc) is 3.13. The van der Waals surface area contributed by atoms with Crippen molar-refractivity contribution in [3.05, 3.63) is 45.6 Å². The molecule has 2 aromatic heterocycles. The van der Waals surface area contributed by atoms with E-state index in [-0.39, 0.29) is 17.4 Å². The number of nitrogens with one attached hydrogen (secondary N) is 1. The first-order valence-electron chi connectivity index (χ1n) is 9.57. The van der Waals surface area contributed by atoms with Crippen LogP contribution >= 0.6 is 11.3 Å².